The number of amides is 1. The number of nitrogens with one attached hydrogen (secondary N) is 1. The molecule has 0 heterocycles. The second-order valence-corrected chi connectivity index (χ2v) is 6.29. The van der Waals surface area contributed by atoms with Crippen molar-refractivity contribution in [3.8, 4) is 0 Å². The molecule has 20 heavy (non-hydrogen) atoms. The Bertz CT molecular complexity index is 325. The van der Waals surface area contributed by atoms with Crippen molar-refractivity contribution in [1.29, 1.82) is 0 Å². The van der Waals surface area contributed by atoms with Crippen LogP contribution in [0.15, 0.2) is 0 Å². The van der Waals surface area contributed by atoms with Gasteiger partial charge in [-0.15, -0.1) is 0 Å². The van der Waals surface area contributed by atoms with Crippen LogP contribution in [0.25, 0.3) is 0 Å². The van der Waals surface area contributed by atoms with Crippen molar-refractivity contribution in [1.82, 2.24) is 10.2 Å². The topological polar surface area (TPSA) is 69.6 Å². The van der Waals surface area contributed by atoms with Crippen LogP contribution < -0.4 is 5.32 Å². The van der Waals surface area contributed by atoms with Crippen molar-refractivity contribution in [3.05, 3.63) is 0 Å². The summed E-state index contributed by atoms with van der Waals surface area (Å²) >= 11 is 0. The molecule has 0 aromatic rings. The smallest absolute Gasteiger partial charge is 0.326 e. The Morgan fingerprint density at radius 3 is 2.35 bits per heavy atom. The van der Waals surface area contributed by atoms with Crippen molar-refractivity contribution in [2.24, 2.45) is 5.92 Å². The van der Waals surface area contributed by atoms with E-state index in [0.29, 0.717) is 12.5 Å². The molecule has 0 aromatic heterocycles. The Kier molecular flexibility index (Phi) is 6.99. The van der Waals surface area contributed by atoms with Crippen LogP contribution in [0.5, 0.6) is 0 Å². The zero-order valence-electron chi connectivity index (χ0n) is 12.9. The highest BCUT2D eigenvalue weighted by atomic mass is 16.4. The largest absolute Gasteiger partial charge is 0.480 e. The molecule has 1 amide bonds. The maximum Gasteiger partial charge on any atom is 0.326 e. The maximum absolute atomic E-state index is 12.0. The van der Waals surface area contributed by atoms with Crippen LogP contribution in [-0.4, -0.2) is 47.6 Å². The quantitative estimate of drug-likeness (QED) is 0.749. The number of hydrogen-bond acceptors (Lipinski definition) is 3. The molecule has 0 bridgehead atoms. The summed E-state index contributed by atoms with van der Waals surface area (Å²) in [4.78, 5) is 25.2. The molecule has 1 rings (SSSR count). The summed E-state index contributed by atoms with van der Waals surface area (Å²) in [6.45, 7) is 4.19. The number of carboxylic acids is 1. The molecule has 0 radical (unpaired) electrons. The molecule has 0 spiro atoms. The highest BCUT2D eigenvalue weighted by Crippen LogP contribution is 2.21. The van der Waals surface area contributed by atoms with Crippen LogP contribution in [0.4, 0.5) is 0 Å². The molecule has 1 aliphatic carbocycles. The normalized spacial score (nSPS) is 18.2. The molecule has 5 nitrogen and oxygen atoms in total. The summed E-state index contributed by atoms with van der Waals surface area (Å²) in [5.41, 5.74) is 0. The van der Waals surface area contributed by atoms with Gasteiger partial charge in [0.15, 0.2) is 0 Å². The monoisotopic (exact) mass is 284 g/mol. The second-order valence-electron chi connectivity index (χ2n) is 6.29. The third-order valence-corrected chi connectivity index (χ3v) is 3.93. The van der Waals surface area contributed by atoms with Crippen LogP contribution in [0.2, 0.25) is 0 Å². The summed E-state index contributed by atoms with van der Waals surface area (Å²) in [5.74, 6) is -0.897. The number of nitrogens with zero attached hydrogens (tertiary/aromatic N) is 1. The second kappa shape index (κ2) is 8.25. The molecule has 2 N–H and O–H groups in total. The van der Waals surface area contributed by atoms with Crippen molar-refractivity contribution in [3.63, 3.8) is 0 Å². The summed E-state index contributed by atoms with van der Waals surface area (Å²) in [6.07, 6.45) is 6.47. The minimum absolute atomic E-state index is 0.189. The Hall–Kier alpha value is -1.10. The number of carboxylic acid groups (broad SMARTS) is 1. The fraction of sp³-hybridized carbons (Fsp3) is 0.867. The van der Waals surface area contributed by atoms with E-state index in [-0.39, 0.29) is 18.4 Å². The SMILES string of the molecule is CC(C)CC(NC(=O)CN(C)C1CCCCC1)C(=O)O. The fourth-order valence-electron chi connectivity index (χ4n) is 2.81. The van der Waals surface area contributed by atoms with Gasteiger partial charge in [0.1, 0.15) is 6.04 Å². The van der Waals surface area contributed by atoms with Crippen LogP contribution in [0.1, 0.15) is 52.4 Å². The molecule has 1 aliphatic rings. The van der Waals surface area contributed by atoms with Crippen molar-refractivity contribution < 1.29 is 14.7 Å². The molecule has 116 valence electrons. The van der Waals surface area contributed by atoms with Crippen molar-refractivity contribution >= 4 is 11.9 Å². The summed E-state index contributed by atoms with van der Waals surface area (Å²) in [7, 11) is 1.95. The minimum atomic E-state index is -0.952. The van der Waals surface area contributed by atoms with Gasteiger partial charge in [0.05, 0.1) is 6.54 Å². The standard InChI is InChI=1S/C15H28N2O3/c1-11(2)9-13(15(19)20)16-14(18)10-17(3)12-7-5-4-6-8-12/h11-13H,4-10H2,1-3H3,(H,16,18)(H,19,20). The Morgan fingerprint density at radius 1 is 1.25 bits per heavy atom. The van der Waals surface area contributed by atoms with Crippen LogP contribution >= 0.6 is 0 Å². The first-order chi connectivity index (χ1) is 9.40. The molecular weight excluding hydrogens is 256 g/mol. The highest BCUT2D eigenvalue weighted by Gasteiger charge is 2.24. The van der Waals surface area contributed by atoms with Gasteiger partial charge >= 0.3 is 5.97 Å². The molecular formula is C15H28N2O3. The van der Waals surface area contributed by atoms with E-state index in [1.807, 2.05) is 20.9 Å². The van der Waals surface area contributed by atoms with Crippen LogP contribution in [0.3, 0.4) is 0 Å². The molecule has 0 saturated heterocycles. The van der Waals surface area contributed by atoms with E-state index < -0.39 is 12.0 Å². The summed E-state index contributed by atoms with van der Waals surface area (Å²) in [5, 5.41) is 11.8. The first-order valence-electron chi connectivity index (χ1n) is 7.62. The highest BCUT2D eigenvalue weighted by molar-refractivity contribution is 5.84. The van der Waals surface area contributed by atoms with Crippen molar-refractivity contribution in [2.45, 2.75) is 64.5 Å². The third kappa shape index (κ3) is 5.90. The number of likely N-dealkylation sites (N-methyl/N-ethyl adjacent to an activating group) is 1. The predicted octanol–water partition coefficient (Wildman–Crippen LogP) is 1.87. The van der Waals surface area contributed by atoms with Gasteiger partial charge in [0.25, 0.3) is 0 Å². The average Bonchev–Trinajstić information content (AvgIpc) is 2.38. The number of hydrogen-bond donors (Lipinski definition) is 2. The van der Waals surface area contributed by atoms with E-state index >= 15 is 0 Å². The minimum Gasteiger partial charge on any atom is -0.480 e. The zero-order valence-corrected chi connectivity index (χ0v) is 12.9. The van der Waals surface area contributed by atoms with Gasteiger partial charge in [-0.1, -0.05) is 33.1 Å². The Labute approximate surface area is 121 Å². The van der Waals surface area contributed by atoms with Gasteiger partial charge in [-0.05, 0) is 32.2 Å². The zero-order chi connectivity index (χ0) is 15.1. The van der Waals surface area contributed by atoms with E-state index in [4.69, 9.17) is 5.11 Å². The molecule has 1 unspecified atom stereocenters. The van der Waals surface area contributed by atoms with E-state index in [9.17, 15) is 9.59 Å². The molecule has 1 atom stereocenters. The van der Waals surface area contributed by atoms with Gasteiger partial charge in [0, 0.05) is 6.04 Å². The lowest BCUT2D eigenvalue weighted by atomic mass is 9.94. The van der Waals surface area contributed by atoms with Crippen LogP contribution in [-0.2, 0) is 9.59 Å². The Morgan fingerprint density at radius 2 is 1.85 bits per heavy atom. The number of rotatable bonds is 7. The van der Waals surface area contributed by atoms with Gasteiger partial charge in [-0.2, -0.15) is 0 Å². The van der Waals surface area contributed by atoms with Gasteiger partial charge in [0.2, 0.25) is 5.91 Å². The predicted molar refractivity (Wildman–Crippen MR) is 78.5 cm³/mol. The van der Waals surface area contributed by atoms with E-state index in [1.165, 1.54) is 19.3 Å². The Balaban J connectivity index is 2.41. The first kappa shape index (κ1) is 17.0. The van der Waals surface area contributed by atoms with Gasteiger partial charge < -0.3 is 10.4 Å². The summed E-state index contributed by atoms with van der Waals surface area (Å²) < 4.78 is 0. The fourth-order valence-corrected chi connectivity index (χ4v) is 2.81. The molecule has 5 heteroatoms. The van der Waals surface area contributed by atoms with E-state index in [2.05, 4.69) is 10.2 Å². The lowest BCUT2D eigenvalue weighted by Gasteiger charge is -2.31. The average molecular weight is 284 g/mol. The molecule has 0 aromatic carbocycles. The first-order valence-corrected chi connectivity index (χ1v) is 7.62. The molecule has 1 fully saturated rings. The van der Waals surface area contributed by atoms with Crippen molar-refractivity contribution in [2.75, 3.05) is 13.6 Å². The molecule has 1 saturated carbocycles. The maximum atomic E-state index is 12.0. The van der Waals surface area contributed by atoms with E-state index in [0.717, 1.165) is 12.8 Å². The third-order valence-electron chi connectivity index (χ3n) is 3.93. The van der Waals surface area contributed by atoms with Gasteiger partial charge in [-0.25, -0.2) is 4.79 Å². The van der Waals surface area contributed by atoms with Gasteiger partial charge in [-0.3, -0.25) is 9.69 Å². The number of aliphatic carboxylic acids is 1. The lowest BCUT2D eigenvalue weighted by Crippen LogP contribution is -2.47. The number of carbonyl (C=O) groups excluding carboxylic acids is 1. The van der Waals surface area contributed by atoms with E-state index in [1.54, 1.807) is 0 Å². The number of carbonyl (C=O) groups is 2. The van der Waals surface area contributed by atoms with Crippen LogP contribution in [0, 0.1) is 5.92 Å². The summed E-state index contributed by atoms with van der Waals surface area (Å²) in [6, 6.07) is -0.315. The molecule has 0 aliphatic heterocycles. The lowest BCUT2D eigenvalue weighted by molar-refractivity contribution is -0.142.